The molecule has 0 aliphatic rings. The Bertz CT molecular complexity index is 34.5. The second-order valence-electron chi connectivity index (χ2n) is 0.402. The van der Waals surface area contributed by atoms with E-state index in [2.05, 4.69) is 11.5 Å². The fourth-order valence-electron chi connectivity index (χ4n) is 0. The van der Waals surface area contributed by atoms with E-state index in [9.17, 15) is 0 Å². The first-order chi connectivity index (χ1) is 1.73. The van der Waals surface area contributed by atoms with Crippen molar-refractivity contribution in [1.29, 1.82) is 0 Å². The molecule has 0 rings (SSSR count). The summed E-state index contributed by atoms with van der Waals surface area (Å²) in [4.78, 5) is 9.00. The summed E-state index contributed by atoms with van der Waals surface area (Å²) >= 11 is 0. The second kappa shape index (κ2) is 9.03. The first-order valence-electron chi connectivity index (χ1n) is 0.781. The van der Waals surface area contributed by atoms with Gasteiger partial charge in [0, 0.05) is 32.7 Å². The molecule has 0 bridgehead atoms. The van der Waals surface area contributed by atoms with Gasteiger partial charge in [-0.15, -0.1) is 0 Å². The first kappa shape index (κ1) is 16.2. The summed E-state index contributed by atoms with van der Waals surface area (Å²) in [5.41, 5.74) is 8.50. The van der Waals surface area contributed by atoms with Crippen molar-refractivity contribution in [3.63, 3.8) is 0 Å². The van der Waals surface area contributed by atoms with Gasteiger partial charge in [-0.05, 0) is 0 Å². The van der Waals surface area contributed by atoms with Crippen molar-refractivity contribution >= 4 is 6.03 Å². The van der Waals surface area contributed by atoms with E-state index >= 15 is 0 Å². The number of rotatable bonds is 0. The maximum absolute atomic E-state index is 9.00. The molecule has 0 fully saturated rings. The average Bonchev–Trinajstić information content (AvgIpc) is 0.811. The predicted octanol–water partition coefficient (Wildman–Crippen LogP) is -0.343. The minimum Gasteiger partial charge on any atom is -0.352 e. The van der Waals surface area contributed by atoms with Crippen LogP contribution in [0.1, 0.15) is 7.43 Å². The Balaban J connectivity index is -0.0000000450. The zero-order chi connectivity index (χ0) is 3.58. The molecule has 0 aliphatic heterocycles. The van der Waals surface area contributed by atoms with Crippen LogP contribution in [-0.4, -0.2) is 6.03 Å². The number of carbonyl (C=O) groups is 1. The van der Waals surface area contributed by atoms with Gasteiger partial charge < -0.3 is 11.5 Å². The molecule has 0 aliphatic carbocycles. The van der Waals surface area contributed by atoms with Gasteiger partial charge in [0.1, 0.15) is 0 Å². The minimum atomic E-state index is -0.833. The zero-order valence-electron chi connectivity index (χ0n) is 2.64. The van der Waals surface area contributed by atoms with Gasteiger partial charge >= 0.3 is 6.03 Å². The Hall–Kier alpha value is 0.374. The second-order valence-corrected chi connectivity index (χ2v) is 0.402. The fourth-order valence-corrected chi connectivity index (χ4v) is 0. The zero-order valence-corrected chi connectivity index (χ0v) is 5.48. The molecule has 0 aromatic carbocycles. The normalized spacial score (nSPS) is 4.00. The van der Waals surface area contributed by atoms with Gasteiger partial charge in [0.25, 0.3) is 0 Å². The third-order valence-corrected chi connectivity index (χ3v) is 0. The van der Waals surface area contributed by atoms with Crippen LogP contribution in [0.2, 0.25) is 0 Å². The maximum Gasteiger partial charge on any atom is 0.309 e. The molecule has 0 unspecified atom stereocenters. The third kappa shape index (κ3) is 356. The number of amides is 2. The number of primary amides is 2. The van der Waals surface area contributed by atoms with Crippen molar-refractivity contribution in [2.24, 2.45) is 11.5 Å². The van der Waals surface area contributed by atoms with Crippen LogP contribution in [0.15, 0.2) is 0 Å². The number of hydrogen-bond donors (Lipinski definition) is 2. The Labute approximate surface area is 62.3 Å². The monoisotopic (exact) mass is 165 g/mol. The van der Waals surface area contributed by atoms with Crippen molar-refractivity contribution in [2.75, 3.05) is 0 Å². The summed E-state index contributed by atoms with van der Waals surface area (Å²) < 4.78 is 0. The molecule has 0 aromatic heterocycles. The van der Waals surface area contributed by atoms with E-state index in [4.69, 9.17) is 4.79 Å². The molecule has 0 saturated heterocycles. The summed E-state index contributed by atoms with van der Waals surface area (Å²) in [6, 6.07) is -0.833. The van der Waals surface area contributed by atoms with E-state index in [-0.39, 0.29) is 40.1 Å². The van der Waals surface area contributed by atoms with Crippen LogP contribution in [0.5, 0.6) is 0 Å². The Morgan fingerprint density at radius 3 is 1.33 bits per heavy atom. The third-order valence-electron chi connectivity index (χ3n) is 0. The number of hydrogen-bond acceptors (Lipinski definition) is 1. The average molecular weight is 165 g/mol. The van der Waals surface area contributed by atoms with Crippen LogP contribution >= 0.6 is 0 Å². The van der Waals surface area contributed by atoms with Crippen LogP contribution in [0.25, 0.3) is 0 Å². The molecule has 4 N–H and O–H groups in total. The van der Waals surface area contributed by atoms with Crippen LogP contribution in [0.3, 0.4) is 0 Å². The quantitative estimate of drug-likeness (QED) is 0.506. The number of nitrogens with two attached hydrogens (primary N) is 2. The molecule has 35 valence electrons. The van der Waals surface area contributed by atoms with E-state index in [0.717, 1.165) is 0 Å². The molecule has 2 amide bonds. The largest absolute Gasteiger partial charge is 0.352 e. The van der Waals surface area contributed by atoms with Crippen molar-refractivity contribution in [1.82, 2.24) is 0 Å². The molecule has 0 aromatic rings. The van der Waals surface area contributed by atoms with E-state index < -0.39 is 6.03 Å². The van der Waals surface area contributed by atoms with Gasteiger partial charge in [-0.2, -0.15) is 0 Å². The summed E-state index contributed by atoms with van der Waals surface area (Å²) in [5.74, 6) is 0. The molecule has 1 radical (unpaired) electrons. The molecule has 6 heavy (non-hydrogen) atoms. The maximum atomic E-state index is 9.00. The van der Waals surface area contributed by atoms with Gasteiger partial charge in [0.2, 0.25) is 0 Å². The van der Waals surface area contributed by atoms with Gasteiger partial charge in [-0.1, -0.05) is 7.43 Å². The fraction of sp³-hybridized carbons (Fsp3) is 0.500. The van der Waals surface area contributed by atoms with Gasteiger partial charge in [-0.25, -0.2) is 4.79 Å². The number of carbonyl (C=O) groups excluding carboxylic acids is 1. The van der Waals surface area contributed by atoms with Crippen molar-refractivity contribution in [2.45, 2.75) is 7.43 Å². The Morgan fingerprint density at radius 2 is 1.33 bits per heavy atom. The summed E-state index contributed by atoms with van der Waals surface area (Å²) in [6.07, 6.45) is 0. The van der Waals surface area contributed by atoms with Crippen molar-refractivity contribution < 1.29 is 37.5 Å². The molecular formula is C2H8N2OY. The van der Waals surface area contributed by atoms with Crippen LogP contribution in [0, 0.1) is 0 Å². The van der Waals surface area contributed by atoms with E-state index in [1.807, 2.05) is 0 Å². The molecule has 4 heteroatoms. The van der Waals surface area contributed by atoms with Crippen molar-refractivity contribution in [3.05, 3.63) is 0 Å². The topological polar surface area (TPSA) is 69.1 Å². The van der Waals surface area contributed by atoms with Crippen LogP contribution in [0.4, 0.5) is 4.79 Å². The standard InChI is InChI=1S/CH4N2O.CH4.Y/c2-1(3)4;;/h(H4,2,3,4);1H4;. The van der Waals surface area contributed by atoms with Crippen LogP contribution in [-0.2, 0) is 32.7 Å². The minimum absolute atomic E-state index is 0. The SMILES string of the molecule is C.NC(N)=O.[Y]. The Kier molecular flexibility index (Phi) is 24.3. The van der Waals surface area contributed by atoms with Crippen LogP contribution < -0.4 is 11.5 Å². The van der Waals surface area contributed by atoms with Gasteiger partial charge in [0.15, 0.2) is 0 Å². The smallest absolute Gasteiger partial charge is 0.309 e. The predicted molar refractivity (Wildman–Crippen MR) is 20.5 cm³/mol. The molecule has 0 heterocycles. The molecule has 3 nitrogen and oxygen atoms in total. The summed E-state index contributed by atoms with van der Waals surface area (Å²) in [6.45, 7) is 0. The molecule has 0 spiro atoms. The number of urea groups is 1. The van der Waals surface area contributed by atoms with E-state index in [1.165, 1.54) is 0 Å². The molecule has 0 saturated carbocycles. The van der Waals surface area contributed by atoms with E-state index in [1.54, 1.807) is 0 Å². The van der Waals surface area contributed by atoms with Crippen molar-refractivity contribution in [3.8, 4) is 0 Å². The van der Waals surface area contributed by atoms with E-state index in [0.29, 0.717) is 0 Å². The van der Waals surface area contributed by atoms with Gasteiger partial charge in [0.05, 0.1) is 0 Å². The summed E-state index contributed by atoms with van der Waals surface area (Å²) in [5, 5.41) is 0. The van der Waals surface area contributed by atoms with Gasteiger partial charge in [-0.3, -0.25) is 0 Å². The molecule has 0 atom stereocenters. The summed E-state index contributed by atoms with van der Waals surface area (Å²) in [7, 11) is 0. The first-order valence-corrected chi connectivity index (χ1v) is 0.781. The Morgan fingerprint density at radius 1 is 1.33 bits per heavy atom. The molecular weight excluding hydrogens is 157 g/mol.